The number of hydrogen-bond donors (Lipinski definition) is 3. The highest BCUT2D eigenvalue weighted by molar-refractivity contribution is 5.98. The third-order valence-electron chi connectivity index (χ3n) is 6.22. The third-order valence-corrected chi connectivity index (χ3v) is 6.22. The van der Waals surface area contributed by atoms with Crippen LogP contribution in [0.15, 0.2) is 73.4 Å². The van der Waals surface area contributed by atoms with Gasteiger partial charge in [0, 0.05) is 47.7 Å². The fourth-order valence-electron chi connectivity index (χ4n) is 4.52. The van der Waals surface area contributed by atoms with E-state index in [1.165, 1.54) is 0 Å². The summed E-state index contributed by atoms with van der Waals surface area (Å²) in [4.78, 5) is 33.5. The molecule has 0 spiro atoms. The van der Waals surface area contributed by atoms with Crippen molar-refractivity contribution in [2.75, 3.05) is 5.32 Å². The molecule has 0 bridgehead atoms. The third kappa shape index (κ3) is 4.61. The summed E-state index contributed by atoms with van der Waals surface area (Å²) in [5, 5.41) is 11.5. The first kappa shape index (κ1) is 23.5. The van der Waals surface area contributed by atoms with Gasteiger partial charge in [-0.05, 0) is 52.9 Å². The second kappa shape index (κ2) is 9.19. The van der Waals surface area contributed by atoms with Gasteiger partial charge in [-0.25, -0.2) is 9.97 Å². The van der Waals surface area contributed by atoms with Crippen molar-refractivity contribution in [3.8, 4) is 33.8 Å². The first-order valence-electron chi connectivity index (χ1n) is 12.3. The number of nitrogens with one attached hydrogen (secondary N) is 3. The van der Waals surface area contributed by atoms with Gasteiger partial charge in [-0.1, -0.05) is 26.8 Å². The summed E-state index contributed by atoms with van der Waals surface area (Å²) in [5.41, 5.74) is 7.46. The number of carbonyl (C=O) groups excluding carboxylic acids is 1. The Bertz CT molecular complexity index is 1780. The molecule has 0 saturated heterocycles. The van der Waals surface area contributed by atoms with Crippen molar-refractivity contribution in [3.05, 3.63) is 73.4 Å². The van der Waals surface area contributed by atoms with E-state index in [9.17, 15) is 4.79 Å². The first-order valence-corrected chi connectivity index (χ1v) is 12.3. The van der Waals surface area contributed by atoms with Crippen LogP contribution in [0.5, 0.6) is 0 Å². The Kier molecular flexibility index (Phi) is 5.68. The van der Waals surface area contributed by atoms with Gasteiger partial charge in [-0.3, -0.25) is 19.9 Å². The number of imidazole rings is 1. The molecule has 3 N–H and O–H groups in total. The van der Waals surface area contributed by atoms with Crippen LogP contribution in [-0.2, 0) is 4.79 Å². The molecule has 9 nitrogen and oxygen atoms in total. The molecule has 0 atom stereocenters. The second-order valence-electron chi connectivity index (χ2n) is 10.5. The Hall–Kier alpha value is -4.92. The van der Waals surface area contributed by atoms with Crippen molar-refractivity contribution in [2.45, 2.75) is 27.2 Å². The molecule has 0 radical (unpaired) electrons. The SMILES string of the molecule is CC(C)(C)CC(=O)Nc1cncc(-c2ccc3[nH]nc(-c4nc5nccc(-c6ccncc6)c5[nH]4)c3c2)c1. The molecule has 0 fully saturated rings. The van der Waals surface area contributed by atoms with Crippen molar-refractivity contribution >= 4 is 33.7 Å². The number of amides is 1. The molecule has 188 valence electrons. The van der Waals surface area contributed by atoms with Crippen molar-refractivity contribution in [1.82, 2.24) is 35.1 Å². The number of aromatic amines is 2. The topological polar surface area (TPSA) is 125 Å². The number of rotatable bonds is 5. The molecule has 9 heteroatoms. The zero-order chi connectivity index (χ0) is 26.3. The summed E-state index contributed by atoms with van der Waals surface area (Å²) in [6, 6.07) is 13.8. The number of aromatic nitrogens is 7. The van der Waals surface area contributed by atoms with E-state index in [0.29, 0.717) is 29.3 Å². The van der Waals surface area contributed by atoms with Gasteiger partial charge in [0.25, 0.3) is 0 Å². The summed E-state index contributed by atoms with van der Waals surface area (Å²) < 4.78 is 0. The van der Waals surface area contributed by atoms with Gasteiger partial charge in [0.05, 0.1) is 22.9 Å². The average Bonchev–Trinajstić information content (AvgIpc) is 3.51. The number of H-pyrrole nitrogens is 2. The van der Waals surface area contributed by atoms with E-state index in [-0.39, 0.29) is 11.3 Å². The molecule has 0 saturated carbocycles. The van der Waals surface area contributed by atoms with Gasteiger partial charge in [0.1, 0.15) is 5.69 Å². The van der Waals surface area contributed by atoms with E-state index in [1.807, 2.05) is 57.2 Å². The molecule has 5 heterocycles. The van der Waals surface area contributed by atoms with Crippen LogP contribution in [0.2, 0.25) is 0 Å². The van der Waals surface area contributed by atoms with Crippen LogP contribution in [0.4, 0.5) is 5.69 Å². The quantitative estimate of drug-likeness (QED) is 0.265. The molecule has 0 aliphatic carbocycles. The largest absolute Gasteiger partial charge is 0.335 e. The molecule has 0 aliphatic heterocycles. The lowest BCUT2D eigenvalue weighted by Gasteiger charge is -2.17. The van der Waals surface area contributed by atoms with Crippen LogP contribution in [0.3, 0.4) is 0 Å². The maximum Gasteiger partial charge on any atom is 0.224 e. The first-order chi connectivity index (χ1) is 18.3. The molecular formula is C29H26N8O. The highest BCUT2D eigenvalue weighted by Crippen LogP contribution is 2.33. The van der Waals surface area contributed by atoms with Gasteiger partial charge in [-0.2, -0.15) is 5.10 Å². The lowest BCUT2D eigenvalue weighted by atomic mass is 9.92. The Morgan fingerprint density at radius 1 is 0.921 bits per heavy atom. The minimum Gasteiger partial charge on any atom is -0.335 e. The maximum absolute atomic E-state index is 12.4. The normalized spacial score (nSPS) is 11.8. The zero-order valence-electron chi connectivity index (χ0n) is 21.3. The van der Waals surface area contributed by atoms with E-state index >= 15 is 0 Å². The lowest BCUT2D eigenvalue weighted by Crippen LogP contribution is -2.19. The molecule has 1 aromatic carbocycles. The highest BCUT2D eigenvalue weighted by Gasteiger charge is 2.18. The van der Waals surface area contributed by atoms with Crippen molar-refractivity contribution < 1.29 is 4.79 Å². The van der Waals surface area contributed by atoms with Gasteiger partial charge < -0.3 is 10.3 Å². The standard InChI is InChI=1S/C29H26N8O/c1-29(2,3)14-24(38)33-20-12-19(15-31-16-20)18-4-5-23-22(13-18)26(37-36-23)28-34-25-21(8-11-32-27(25)35-28)17-6-9-30-10-7-17/h4-13,15-16H,14H2,1-3H3,(H,33,38)(H,36,37)(H,32,34,35). The van der Waals surface area contributed by atoms with Crippen LogP contribution in [0.25, 0.3) is 55.8 Å². The van der Waals surface area contributed by atoms with Crippen LogP contribution in [-0.4, -0.2) is 41.0 Å². The number of anilines is 1. The highest BCUT2D eigenvalue weighted by atomic mass is 16.1. The molecule has 0 aliphatic rings. The lowest BCUT2D eigenvalue weighted by molar-refractivity contribution is -0.117. The summed E-state index contributed by atoms with van der Waals surface area (Å²) in [6.45, 7) is 6.12. The molecule has 38 heavy (non-hydrogen) atoms. The predicted molar refractivity (Wildman–Crippen MR) is 148 cm³/mol. The average molecular weight is 503 g/mol. The fraction of sp³-hybridized carbons (Fsp3) is 0.172. The van der Waals surface area contributed by atoms with Gasteiger partial charge in [-0.15, -0.1) is 0 Å². The van der Waals surface area contributed by atoms with Crippen molar-refractivity contribution in [2.24, 2.45) is 5.41 Å². The van der Waals surface area contributed by atoms with E-state index in [4.69, 9.17) is 4.98 Å². The minimum absolute atomic E-state index is 0.0337. The molecular weight excluding hydrogens is 476 g/mol. The fourth-order valence-corrected chi connectivity index (χ4v) is 4.52. The zero-order valence-corrected chi connectivity index (χ0v) is 21.3. The number of pyridine rings is 3. The van der Waals surface area contributed by atoms with Crippen LogP contribution >= 0.6 is 0 Å². The molecule has 6 aromatic rings. The van der Waals surface area contributed by atoms with E-state index in [2.05, 4.69) is 41.5 Å². The molecule has 1 amide bonds. The van der Waals surface area contributed by atoms with Crippen molar-refractivity contribution in [3.63, 3.8) is 0 Å². The maximum atomic E-state index is 12.4. The van der Waals surface area contributed by atoms with Gasteiger partial charge >= 0.3 is 0 Å². The van der Waals surface area contributed by atoms with Gasteiger partial charge in [0.2, 0.25) is 5.91 Å². The summed E-state index contributed by atoms with van der Waals surface area (Å²) in [5.74, 6) is 0.590. The number of fused-ring (bicyclic) bond motifs is 2. The van der Waals surface area contributed by atoms with Gasteiger partial charge in [0.15, 0.2) is 11.5 Å². The molecule has 0 unspecified atom stereocenters. The Balaban J connectivity index is 1.36. The van der Waals surface area contributed by atoms with Crippen molar-refractivity contribution in [1.29, 1.82) is 0 Å². The number of carbonyl (C=O) groups is 1. The Labute approximate surface area is 218 Å². The van der Waals surface area contributed by atoms with Crippen LogP contribution in [0, 0.1) is 5.41 Å². The van der Waals surface area contributed by atoms with Crippen LogP contribution in [0.1, 0.15) is 27.2 Å². The van der Waals surface area contributed by atoms with E-state index in [1.54, 1.807) is 31.0 Å². The summed E-state index contributed by atoms with van der Waals surface area (Å²) in [7, 11) is 0. The number of nitrogens with zero attached hydrogens (tertiary/aromatic N) is 5. The van der Waals surface area contributed by atoms with E-state index < -0.39 is 0 Å². The Morgan fingerprint density at radius 2 is 1.76 bits per heavy atom. The van der Waals surface area contributed by atoms with E-state index in [0.717, 1.165) is 38.7 Å². The number of hydrogen-bond acceptors (Lipinski definition) is 6. The smallest absolute Gasteiger partial charge is 0.224 e. The summed E-state index contributed by atoms with van der Waals surface area (Å²) >= 11 is 0. The molecule has 6 rings (SSSR count). The minimum atomic E-state index is -0.0942. The summed E-state index contributed by atoms with van der Waals surface area (Å²) in [6.07, 6.45) is 9.16. The monoisotopic (exact) mass is 502 g/mol. The van der Waals surface area contributed by atoms with Crippen LogP contribution < -0.4 is 5.32 Å². The number of benzene rings is 1. The Morgan fingerprint density at radius 3 is 2.58 bits per heavy atom. The second-order valence-corrected chi connectivity index (χ2v) is 10.5. The molecule has 5 aromatic heterocycles. The predicted octanol–water partition coefficient (Wildman–Crippen LogP) is 6.00.